The predicted octanol–water partition coefficient (Wildman–Crippen LogP) is 4.44. The van der Waals surface area contributed by atoms with Crippen LogP contribution >= 0.6 is 0 Å². The van der Waals surface area contributed by atoms with Crippen LogP contribution < -0.4 is 15.6 Å². The summed E-state index contributed by atoms with van der Waals surface area (Å²) in [4.78, 5) is 11.0. The van der Waals surface area contributed by atoms with Crippen LogP contribution in [0.5, 0.6) is 0 Å². The van der Waals surface area contributed by atoms with Gasteiger partial charge >= 0.3 is 0 Å². The third-order valence-corrected chi connectivity index (χ3v) is 5.74. The van der Waals surface area contributed by atoms with Gasteiger partial charge in [0.15, 0.2) is 0 Å². The van der Waals surface area contributed by atoms with Gasteiger partial charge in [0.1, 0.15) is 0 Å². The number of H-pyrrole nitrogens is 1. The number of anilines is 1. The molecule has 144 valence electrons. The second-order valence-electron chi connectivity index (χ2n) is 7.60. The molecule has 1 aliphatic heterocycles. The zero-order valence-electron chi connectivity index (χ0n) is 16.4. The Balaban J connectivity index is 1.74. The molecule has 0 bridgehead atoms. The molecule has 4 aromatic rings. The maximum Gasteiger partial charge on any atom is 0.283 e. The summed E-state index contributed by atoms with van der Waals surface area (Å²) in [5.41, 5.74) is 12.4. The Morgan fingerprint density at radius 2 is 1.66 bits per heavy atom. The fourth-order valence-electron chi connectivity index (χ4n) is 4.18. The largest absolute Gasteiger partial charge is 0.326 e. The van der Waals surface area contributed by atoms with Gasteiger partial charge in [-0.1, -0.05) is 54.6 Å². The highest BCUT2D eigenvalue weighted by atomic mass is 15.2. The summed E-state index contributed by atoms with van der Waals surface area (Å²) in [6, 6.07) is 23.3. The Labute approximate surface area is 171 Å². The van der Waals surface area contributed by atoms with E-state index in [0.717, 1.165) is 41.0 Å². The van der Waals surface area contributed by atoms with Crippen LogP contribution in [0.2, 0.25) is 0 Å². The number of aromatic nitrogens is 2. The summed E-state index contributed by atoms with van der Waals surface area (Å²) >= 11 is 0. The van der Waals surface area contributed by atoms with E-state index in [0.29, 0.717) is 6.54 Å². The van der Waals surface area contributed by atoms with Crippen molar-refractivity contribution in [2.75, 3.05) is 18.0 Å². The molecule has 3 heterocycles. The van der Waals surface area contributed by atoms with Crippen molar-refractivity contribution in [2.45, 2.75) is 19.4 Å². The Hall–Kier alpha value is -3.24. The van der Waals surface area contributed by atoms with E-state index in [1.165, 1.54) is 29.6 Å². The van der Waals surface area contributed by atoms with Gasteiger partial charge in [-0.05, 0) is 30.0 Å². The van der Waals surface area contributed by atoms with E-state index in [1.807, 2.05) is 6.20 Å². The number of hydrogen-bond donors (Lipinski definition) is 1. The fourth-order valence-corrected chi connectivity index (χ4v) is 4.18. The first-order chi connectivity index (χ1) is 14.3. The Bertz CT molecular complexity index is 1130. The molecule has 1 fully saturated rings. The molecule has 0 spiro atoms. The van der Waals surface area contributed by atoms with Gasteiger partial charge < -0.3 is 5.73 Å². The molecular weight excluding hydrogens is 356 g/mol. The lowest BCUT2D eigenvalue weighted by Crippen LogP contribution is -2.25. The number of nitrogens with one attached hydrogen (secondary N) is 1. The molecule has 29 heavy (non-hydrogen) atoms. The molecule has 0 radical (unpaired) electrons. The number of benzene rings is 2. The van der Waals surface area contributed by atoms with E-state index < -0.39 is 0 Å². The van der Waals surface area contributed by atoms with Crippen molar-refractivity contribution in [3.8, 4) is 22.4 Å². The van der Waals surface area contributed by atoms with E-state index >= 15 is 0 Å². The maximum absolute atomic E-state index is 5.79. The monoisotopic (exact) mass is 381 g/mol. The van der Waals surface area contributed by atoms with E-state index in [-0.39, 0.29) is 0 Å². The van der Waals surface area contributed by atoms with Gasteiger partial charge in [0.2, 0.25) is 0 Å². The lowest BCUT2D eigenvalue weighted by Gasteiger charge is -2.15. The smallest absolute Gasteiger partial charge is 0.283 e. The highest BCUT2D eigenvalue weighted by molar-refractivity contribution is 5.96. The third kappa shape index (κ3) is 3.36. The zero-order valence-corrected chi connectivity index (χ0v) is 16.4. The first kappa shape index (κ1) is 17.8. The fraction of sp³-hybridized carbons (Fsp3) is 0.200. The first-order valence-corrected chi connectivity index (χ1v) is 10.3. The molecule has 0 atom stereocenters. The molecule has 5 rings (SSSR count). The lowest BCUT2D eigenvalue weighted by molar-refractivity contribution is -0.362. The van der Waals surface area contributed by atoms with Gasteiger partial charge in [-0.25, -0.2) is 9.97 Å². The van der Waals surface area contributed by atoms with Crippen LogP contribution in [0, 0.1) is 0 Å². The summed E-state index contributed by atoms with van der Waals surface area (Å²) in [5, 5.41) is 1.18. The minimum atomic E-state index is 0.548. The highest BCUT2D eigenvalue weighted by Crippen LogP contribution is 2.35. The van der Waals surface area contributed by atoms with Crippen molar-refractivity contribution in [1.29, 1.82) is 0 Å². The van der Waals surface area contributed by atoms with E-state index in [2.05, 4.69) is 76.6 Å². The summed E-state index contributed by atoms with van der Waals surface area (Å²) in [7, 11) is 0. The van der Waals surface area contributed by atoms with Crippen LogP contribution in [-0.2, 0) is 6.54 Å². The van der Waals surface area contributed by atoms with Crippen molar-refractivity contribution in [3.63, 3.8) is 0 Å². The number of fused-ring (bicyclic) bond motifs is 1. The SMILES string of the molecule is NCc1ccc(-c2nc3cc[nH+]c(N4CCCC4)c3cc2-c2ccccc2)cc1. The van der Waals surface area contributed by atoms with Crippen LogP contribution in [0.15, 0.2) is 72.9 Å². The zero-order chi connectivity index (χ0) is 19.6. The van der Waals surface area contributed by atoms with E-state index in [4.69, 9.17) is 10.7 Å². The molecule has 2 aromatic heterocycles. The number of hydrogen-bond acceptors (Lipinski definition) is 3. The van der Waals surface area contributed by atoms with Crippen LogP contribution in [-0.4, -0.2) is 18.1 Å². The second kappa shape index (κ2) is 7.64. The van der Waals surface area contributed by atoms with Crippen molar-refractivity contribution in [2.24, 2.45) is 5.73 Å². The predicted molar refractivity (Wildman–Crippen MR) is 119 cm³/mol. The molecule has 0 aliphatic carbocycles. The maximum atomic E-state index is 5.79. The first-order valence-electron chi connectivity index (χ1n) is 10.3. The van der Waals surface area contributed by atoms with Crippen molar-refractivity contribution >= 4 is 16.7 Å². The average Bonchev–Trinajstić information content (AvgIpc) is 3.33. The minimum absolute atomic E-state index is 0.548. The van der Waals surface area contributed by atoms with E-state index in [1.54, 1.807) is 0 Å². The number of pyridine rings is 2. The van der Waals surface area contributed by atoms with Gasteiger partial charge in [-0.15, -0.1) is 0 Å². The van der Waals surface area contributed by atoms with Crippen LogP contribution in [0.25, 0.3) is 33.3 Å². The quantitative estimate of drug-likeness (QED) is 0.568. The summed E-state index contributed by atoms with van der Waals surface area (Å²) in [6.45, 7) is 2.74. The molecule has 0 saturated carbocycles. The van der Waals surface area contributed by atoms with E-state index in [9.17, 15) is 0 Å². The molecule has 4 heteroatoms. The van der Waals surface area contributed by atoms with Gasteiger partial charge in [0.25, 0.3) is 5.82 Å². The summed E-state index contributed by atoms with van der Waals surface area (Å²) < 4.78 is 0. The minimum Gasteiger partial charge on any atom is -0.326 e. The van der Waals surface area contributed by atoms with Gasteiger partial charge in [0, 0.05) is 23.7 Å². The molecule has 4 nitrogen and oxygen atoms in total. The third-order valence-electron chi connectivity index (χ3n) is 5.74. The van der Waals surface area contributed by atoms with Crippen LogP contribution in [0.3, 0.4) is 0 Å². The molecule has 0 unspecified atom stereocenters. The number of aromatic amines is 1. The molecular formula is C25H25N4+. The Morgan fingerprint density at radius 1 is 0.897 bits per heavy atom. The average molecular weight is 382 g/mol. The Morgan fingerprint density at radius 3 is 2.38 bits per heavy atom. The topological polar surface area (TPSA) is 56.3 Å². The summed E-state index contributed by atoms with van der Waals surface area (Å²) in [6.07, 6.45) is 4.50. The molecule has 1 saturated heterocycles. The van der Waals surface area contributed by atoms with Crippen LogP contribution in [0.1, 0.15) is 18.4 Å². The van der Waals surface area contributed by atoms with Gasteiger partial charge in [0.05, 0.1) is 35.9 Å². The standard InChI is InChI=1S/C25H24N4/c26-17-18-8-10-20(11-9-18)24-21(19-6-2-1-3-7-19)16-22-23(28-24)12-13-27-25(22)29-14-4-5-15-29/h1-3,6-13,16H,4-5,14-15,17,26H2/p+1. The second-order valence-corrected chi connectivity index (χ2v) is 7.60. The summed E-state index contributed by atoms with van der Waals surface area (Å²) in [5.74, 6) is 1.18. The van der Waals surface area contributed by atoms with Crippen molar-refractivity contribution in [3.05, 3.63) is 78.5 Å². The van der Waals surface area contributed by atoms with Gasteiger partial charge in [-0.2, -0.15) is 0 Å². The molecule has 0 amide bonds. The molecule has 3 N–H and O–H groups in total. The number of nitrogens with zero attached hydrogens (tertiary/aromatic N) is 2. The van der Waals surface area contributed by atoms with Crippen molar-refractivity contribution < 1.29 is 4.98 Å². The lowest BCUT2D eigenvalue weighted by atomic mass is 9.97. The Kier molecular flexibility index (Phi) is 4.70. The van der Waals surface area contributed by atoms with Crippen molar-refractivity contribution in [1.82, 2.24) is 4.98 Å². The number of nitrogens with two attached hydrogens (primary N) is 1. The van der Waals surface area contributed by atoms with Crippen LogP contribution in [0.4, 0.5) is 5.82 Å². The normalized spacial score (nSPS) is 13.9. The highest BCUT2D eigenvalue weighted by Gasteiger charge is 2.24. The number of rotatable bonds is 4. The molecule has 2 aromatic carbocycles. The van der Waals surface area contributed by atoms with Gasteiger partial charge in [-0.3, -0.25) is 4.90 Å². The molecule has 1 aliphatic rings.